The number of halogens is 1. The lowest BCUT2D eigenvalue weighted by molar-refractivity contribution is -0.172. The van der Waals surface area contributed by atoms with Gasteiger partial charge in [-0.05, 0) is 55.9 Å². The Morgan fingerprint density at radius 2 is 2.05 bits per heavy atom. The molecule has 4 heterocycles. The Bertz CT molecular complexity index is 1800. The lowest BCUT2D eigenvalue weighted by Gasteiger charge is -2.31. The summed E-state index contributed by atoms with van der Waals surface area (Å²) in [5, 5.41) is 17.6. The van der Waals surface area contributed by atoms with Crippen LogP contribution in [0, 0.1) is 12.7 Å². The molecule has 6 rings (SSSR count). The van der Waals surface area contributed by atoms with E-state index in [1.165, 1.54) is 10.6 Å². The third-order valence-electron chi connectivity index (χ3n) is 9.01. The normalized spacial score (nSPS) is 20.4. The van der Waals surface area contributed by atoms with Crippen LogP contribution in [-0.2, 0) is 49.0 Å². The van der Waals surface area contributed by atoms with Crippen LogP contribution < -0.4 is 21.9 Å². The predicted octanol–water partition coefficient (Wildman–Crippen LogP) is 1.46. The summed E-state index contributed by atoms with van der Waals surface area (Å²) in [6, 6.07) is 2.52. The molecule has 5 N–H and O–H groups in total. The van der Waals surface area contributed by atoms with Crippen LogP contribution in [0.15, 0.2) is 16.9 Å². The van der Waals surface area contributed by atoms with E-state index in [0.717, 1.165) is 22.1 Å². The van der Waals surface area contributed by atoms with Gasteiger partial charge >= 0.3 is 5.97 Å². The fraction of sp³-hybridized carbons (Fsp3) is 0.452. The minimum atomic E-state index is -1.98. The van der Waals surface area contributed by atoms with Gasteiger partial charge in [-0.2, -0.15) is 0 Å². The lowest BCUT2D eigenvalue weighted by atomic mass is 9.81. The summed E-state index contributed by atoms with van der Waals surface area (Å²) in [5.74, 6) is -1.86. The van der Waals surface area contributed by atoms with Crippen molar-refractivity contribution in [2.75, 3.05) is 13.3 Å². The van der Waals surface area contributed by atoms with Gasteiger partial charge in [0.05, 0.1) is 54.1 Å². The number of aromatic nitrogens is 2. The van der Waals surface area contributed by atoms with Crippen molar-refractivity contribution in [1.29, 1.82) is 0 Å². The SMILES string of the molecule is CC[C@@]1(O)C(=O)OCc2c1cc1n(c2=O)Cc2c-1nc1cc(F)c(C)c3c1c2[C@@H](NC(=O)C[C@H](C)OCNC(=O)CN)CC3. The lowest BCUT2D eigenvalue weighted by Crippen LogP contribution is -2.44. The number of carbonyl (C=O) groups excluding carboxylic acids is 3. The van der Waals surface area contributed by atoms with Crippen molar-refractivity contribution in [3.05, 3.63) is 61.7 Å². The summed E-state index contributed by atoms with van der Waals surface area (Å²) >= 11 is 0. The number of pyridine rings is 2. The number of cyclic esters (lactones) is 1. The van der Waals surface area contributed by atoms with Crippen molar-refractivity contribution in [2.24, 2.45) is 5.73 Å². The number of ether oxygens (including phenoxy) is 2. The number of carbonyl (C=O) groups is 3. The van der Waals surface area contributed by atoms with Gasteiger partial charge in [0, 0.05) is 22.6 Å². The van der Waals surface area contributed by atoms with E-state index in [1.54, 1.807) is 26.8 Å². The topological polar surface area (TPSA) is 175 Å². The van der Waals surface area contributed by atoms with E-state index >= 15 is 4.39 Å². The van der Waals surface area contributed by atoms with E-state index in [9.17, 15) is 24.3 Å². The highest BCUT2D eigenvalue weighted by Crippen LogP contribution is 2.46. The van der Waals surface area contributed by atoms with Crippen molar-refractivity contribution in [3.63, 3.8) is 0 Å². The second-order valence-corrected chi connectivity index (χ2v) is 11.6. The molecule has 2 aromatic heterocycles. The van der Waals surface area contributed by atoms with Crippen LogP contribution in [0.3, 0.4) is 0 Å². The van der Waals surface area contributed by atoms with E-state index in [1.807, 2.05) is 0 Å². The third-order valence-corrected chi connectivity index (χ3v) is 9.01. The number of nitrogens with one attached hydrogen (secondary N) is 2. The van der Waals surface area contributed by atoms with Gasteiger partial charge in [0.15, 0.2) is 5.60 Å². The zero-order valence-electron chi connectivity index (χ0n) is 24.7. The Morgan fingerprint density at radius 1 is 1.27 bits per heavy atom. The first-order valence-electron chi connectivity index (χ1n) is 14.7. The summed E-state index contributed by atoms with van der Waals surface area (Å²) in [6.45, 7) is 4.72. The van der Waals surface area contributed by atoms with E-state index in [-0.39, 0.29) is 62.2 Å². The van der Waals surface area contributed by atoms with Gasteiger partial charge in [0.25, 0.3) is 5.56 Å². The van der Waals surface area contributed by atoms with Crippen molar-refractivity contribution in [3.8, 4) is 11.4 Å². The highest BCUT2D eigenvalue weighted by molar-refractivity contribution is 5.94. The van der Waals surface area contributed by atoms with Crippen LogP contribution in [0.25, 0.3) is 22.3 Å². The molecule has 232 valence electrons. The molecule has 3 aromatic rings. The smallest absolute Gasteiger partial charge is 0.343 e. The maximum atomic E-state index is 15.1. The summed E-state index contributed by atoms with van der Waals surface area (Å²) < 4.78 is 27.4. The summed E-state index contributed by atoms with van der Waals surface area (Å²) in [5.41, 5.74) is 7.34. The Balaban J connectivity index is 1.42. The molecule has 12 nitrogen and oxygen atoms in total. The van der Waals surface area contributed by atoms with Gasteiger partial charge in [0.1, 0.15) is 19.2 Å². The average Bonchev–Trinajstić information content (AvgIpc) is 3.36. The highest BCUT2D eigenvalue weighted by Gasteiger charge is 2.46. The maximum absolute atomic E-state index is 15.1. The summed E-state index contributed by atoms with van der Waals surface area (Å²) in [7, 11) is 0. The zero-order valence-corrected chi connectivity index (χ0v) is 24.7. The average molecular weight is 608 g/mol. The van der Waals surface area contributed by atoms with Crippen LogP contribution in [0.2, 0.25) is 0 Å². The molecule has 44 heavy (non-hydrogen) atoms. The highest BCUT2D eigenvalue weighted by atomic mass is 19.1. The number of nitrogens with zero attached hydrogens (tertiary/aromatic N) is 2. The van der Waals surface area contributed by atoms with Crippen molar-refractivity contribution >= 4 is 28.7 Å². The quantitative estimate of drug-likeness (QED) is 0.171. The molecule has 0 saturated carbocycles. The van der Waals surface area contributed by atoms with Crippen molar-refractivity contribution in [1.82, 2.24) is 20.2 Å². The summed E-state index contributed by atoms with van der Waals surface area (Å²) in [4.78, 5) is 55.7. The molecule has 1 aromatic carbocycles. The number of benzene rings is 1. The predicted molar refractivity (Wildman–Crippen MR) is 156 cm³/mol. The minimum absolute atomic E-state index is 0.00840. The van der Waals surface area contributed by atoms with Crippen LogP contribution in [-0.4, -0.2) is 51.8 Å². The van der Waals surface area contributed by atoms with Gasteiger partial charge in [-0.15, -0.1) is 0 Å². The van der Waals surface area contributed by atoms with Gasteiger partial charge in [-0.25, -0.2) is 14.2 Å². The van der Waals surface area contributed by atoms with Crippen LogP contribution in [0.4, 0.5) is 4.39 Å². The number of esters is 1. The van der Waals surface area contributed by atoms with Gasteiger partial charge in [0.2, 0.25) is 11.8 Å². The molecular formula is C31H34FN5O7. The third kappa shape index (κ3) is 4.66. The zero-order chi connectivity index (χ0) is 31.5. The van der Waals surface area contributed by atoms with E-state index in [4.69, 9.17) is 20.2 Å². The van der Waals surface area contributed by atoms with Crippen molar-refractivity contribution in [2.45, 2.75) is 77.4 Å². The number of aliphatic hydroxyl groups is 1. The van der Waals surface area contributed by atoms with Crippen LogP contribution in [0.5, 0.6) is 0 Å². The molecule has 0 radical (unpaired) electrons. The fourth-order valence-electron chi connectivity index (χ4n) is 6.61. The second kappa shape index (κ2) is 11.1. The molecule has 0 bridgehead atoms. The van der Waals surface area contributed by atoms with Crippen LogP contribution in [0.1, 0.15) is 72.5 Å². The number of rotatable bonds is 8. The molecule has 2 aliphatic heterocycles. The summed E-state index contributed by atoms with van der Waals surface area (Å²) in [6.07, 6.45) is 0.543. The molecule has 0 saturated heterocycles. The second-order valence-electron chi connectivity index (χ2n) is 11.6. The molecule has 1 aliphatic carbocycles. The molecule has 0 fully saturated rings. The molecular weight excluding hydrogens is 573 g/mol. The first kappa shape index (κ1) is 29.9. The van der Waals surface area contributed by atoms with Gasteiger partial charge in [-0.1, -0.05) is 6.92 Å². The number of fused-ring (bicyclic) bond motifs is 5. The van der Waals surface area contributed by atoms with E-state index in [2.05, 4.69) is 10.6 Å². The number of nitrogens with two attached hydrogens (primary N) is 1. The van der Waals surface area contributed by atoms with E-state index < -0.39 is 35.1 Å². The Hall–Kier alpha value is -4.20. The molecule has 13 heteroatoms. The fourth-order valence-corrected chi connectivity index (χ4v) is 6.61. The molecule has 0 unspecified atom stereocenters. The number of aryl methyl sites for hydroxylation is 1. The first-order chi connectivity index (χ1) is 21.0. The molecule has 3 atom stereocenters. The standard InChI is InChI=1S/C31H34FN5O7/c1-4-31(42)19-8-23-28-17(11-37(23)29(40)18(19)12-43-30(31)41)27-21(35-24(38)7-14(2)44-13-34-25(39)10-33)6-5-16-15(3)20(32)9-22(36-28)26(16)27/h8-9,14,21,42H,4-7,10-13,33H2,1-3H3,(H,34,39)(H,35,38)/t14-,21-,31-/m0/s1. The molecule has 3 aliphatic rings. The van der Waals surface area contributed by atoms with Gasteiger partial charge < -0.3 is 35.5 Å². The van der Waals surface area contributed by atoms with Crippen molar-refractivity contribution < 1.29 is 33.4 Å². The van der Waals surface area contributed by atoms with Gasteiger partial charge in [-0.3, -0.25) is 14.4 Å². The number of hydrogen-bond donors (Lipinski definition) is 4. The Kier molecular flexibility index (Phi) is 7.50. The first-order valence-corrected chi connectivity index (χ1v) is 14.7. The van der Waals surface area contributed by atoms with Crippen LogP contribution >= 0.6 is 0 Å². The monoisotopic (exact) mass is 607 g/mol. The molecule has 2 amide bonds. The maximum Gasteiger partial charge on any atom is 0.343 e. The molecule has 0 spiro atoms. The number of hydrogen-bond acceptors (Lipinski definition) is 9. The Morgan fingerprint density at radius 3 is 2.77 bits per heavy atom. The Labute approximate surface area is 251 Å². The largest absolute Gasteiger partial charge is 0.458 e. The number of amides is 2. The minimum Gasteiger partial charge on any atom is -0.458 e. The van der Waals surface area contributed by atoms with E-state index in [0.29, 0.717) is 35.3 Å².